The average Bonchev–Trinajstić information content (AvgIpc) is 2.64. The van der Waals surface area contributed by atoms with Crippen LogP contribution in [0.15, 0.2) is 23.8 Å². The summed E-state index contributed by atoms with van der Waals surface area (Å²) in [6.07, 6.45) is 8.56. The lowest BCUT2D eigenvalue weighted by atomic mass is 9.48. The maximum atomic E-state index is 13.4. The molecule has 6 rings (SSSR count). The van der Waals surface area contributed by atoms with Crippen molar-refractivity contribution in [1.29, 1.82) is 5.26 Å². The Bertz CT molecular complexity index is 797. The van der Waals surface area contributed by atoms with Crippen LogP contribution in [0.25, 0.3) is 6.08 Å². The minimum atomic E-state index is -0.274. The molecule has 4 nitrogen and oxygen atoms in total. The number of hydrogen-bond donors (Lipinski definition) is 0. The largest absolute Gasteiger partial charge is 0.486 e. The van der Waals surface area contributed by atoms with E-state index in [2.05, 4.69) is 6.07 Å². The molecule has 134 valence electrons. The summed E-state index contributed by atoms with van der Waals surface area (Å²) in [6.45, 7) is 1.08. The third-order valence-corrected chi connectivity index (χ3v) is 6.76. The fourth-order valence-corrected chi connectivity index (χ4v) is 6.14. The number of hydrogen-bond acceptors (Lipinski definition) is 4. The number of carbonyl (C=O) groups is 1. The fourth-order valence-electron chi connectivity index (χ4n) is 6.14. The van der Waals surface area contributed by atoms with Crippen molar-refractivity contribution >= 4 is 11.9 Å². The molecular weight excluding hydrogens is 326 g/mol. The Hall–Kier alpha value is -2.28. The van der Waals surface area contributed by atoms with Crippen molar-refractivity contribution < 1.29 is 14.3 Å². The summed E-state index contributed by atoms with van der Waals surface area (Å²) in [5, 5.41) is 9.70. The normalized spacial score (nSPS) is 34.4. The number of rotatable bonds is 3. The second-order valence-electron chi connectivity index (χ2n) is 8.60. The van der Waals surface area contributed by atoms with Crippen molar-refractivity contribution in [2.75, 3.05) is 13.2 Å². The van der Waals surface area contributed by atoms with Crippen LogP contribution in [0.2, 0.25) is 0 Å². The Morgan fingerprint density at radius 2 is 1.65 bits per heavy atom. The van der Waals surface area contributed by atoms with Crippen molar-refractivity contribution in [3.05, 3.63) is 29.3 Å². The number of ketones is 1. The molecule has 4 aliphatic carbocycles. The van der Waals surface area contributed by atoms with E-state index in [9.17, 15) is 10.1 Å². The second-order valence-corrected chi connectivity index (χ2v) is 8.60. The van der Waals surface area contributed by atoms with Crippen molar-refractivity contribution in [2.24, 2.45) is 23.2 Å². The minimum Gasteiger partial charge on any atom is -0.486 e. The van der Waals surface area contributed by atoms with Gasteiger partial charge in [0.25, 0.3) is 0 Å². The highest BCUT2D eigenvalue weighted by Gasteiger charge is 2.54. The maximum absolute atomic E-state index is 13.4. The van der Waals surface area contributed by atoms with Gasteiger partial charge < -0.3 is 9.47 Å². The second kappa shape index (κ2) is 5.87. The van der Waals surface area contributed by atoms with Crippen LogP contribution in [0.1, 0.15) is 44.1 Å². The van der Waals surface area contributed by atoms with E-state index in [1.807, 2.05) is 18.2 Å². The van der Waals surface area contributed by atoms with E-state index in [0.717, 1.165) is 30.6 Å². The third kappa shape index (κ3) is 2.53. The first kappa shape index (κ1) is 15.9. The van der Waals surface area contributed by atoms with E-state index in [1.54, 1.807) is 6.08 Å². The van der Waals surface area contributed by atoms with Gasteiger partial charge in [-0.1, -0.05) is 6.07 Å². The predicted molar refractivity (Wildman–Crippen MR) is 96.6 cm³/mol. The number of allylic oxidation sites excluding steroid dienone is 1. The fraction of sp³-hybridized carbons (Fsp3) is 0.545. The van der Waals surface area contributed by atoms with Crippen LogP contribution in [-0.2, 0) is 4.79 Å². The summed E-state index contributed by atoms with van der Waals surface area (Å²) in [5.41, 5.74) is 0.844. The molecule has 0 radical (unpaired) electrons. The number of benzene rings is 1. The van der Waals surface area contributed by atoms with Crippen LogP contribution in [0, 0.1) is 34.5 Å². The van der Waals surface area contributed by atoms with Gasteiger partial charge >= 0.3 is 0 Å². The number of ether oxygens (including phenoxy) is 2. The van der Waals surface area contributed by atoms with Crippen LogP contribution in [-0.4, -0.2) is 19.0 Å². The first-order chi connectivity index (χ1) is 12.6. The Labute approximate surface area is 153 Å². The number of fused-ring (bicyclic) bond motifs is 1. The molecule has 1 aromatic rings. The zero-order valence-electron chi connectivity index (χ0n) is 14.9. The molecule has 4 saturated carbocycles. The van der Waals surface area contributed by atoms with Gasteiger partial charge in [0.2, 0.25) is 0 Å². The molecule has 0 unspecified atom stereocenters. The molecular formula is C22H23NO3. The van der Waals surface area contributed by atoms with Crippen LogP contribution in [0.4, 0.5) is 0 Å². The first-order valence-corrected chi connectivity index (χ1v) is 9.71. The van der Waals surface area contributed by atoms with Gasteiger partial charge in [0.15, 0.2) is 17.3 Å². The lowest BCUT2D eigenvalue weighted by Gasteiger charge is -2.55. The lowest BCUT2D eigenvalue weighted by Crippen LogP contribution is -2.50. The summed E-state index contributed by atoms with van der Waals surface area (Å²) >= 11 is 0. The Morgan fingerprint density at radius 3 is 2.27 bits per heavy atom. The van der Waals surface area contributed by atoms with E-state index < -0.39 is 0 Å². The molecule has 0 N–H and O–H groups in total. The SMILES string of the molecule is N#CC(=Cc1ccc2c(c1)OCCO2)C(=O)C12CC3CC(CC(C3)C1)C2. The molecule has 4 heteroatoms. The molecule has 0 saturated heterocycles. The number of Topliss-reactive ketones (excluding diaryl/α,β-unsaturated/α-hetero) is 1. The number of carbonyl (C=O) groups excluding carboxylic acids is 1. The van der Waals surface area contributed by atoms with Gasteiger partial charge in [0.1, 0.15) is 19.3 Å². The molecule has 4 fully saturated rings. The van der Waals surface area contributed by atoms with Gasteiger partial charge in [-0.3, -0.25) is 4.79 Å². The Morgan fingerprint density at radius 1 is 1.04 bits per heavy atom. The van der Waals surface area contributed by atoms with Crippen LogP contribution in [0.3, 0.4) is 0 Å². The Balaban J connectivity index is 1.45. The molecule has 0 atom stereocenters. The number of nitriles is 1. The van der Waals surface area contributed by atoms with Crippen molar-refractivity contribution in [1.82, 2.24) is 0 Å². The molecule has 5 aliphatic rings. The van der Waals surface area contributed by atoms with Crippen LogP contribution < -0.4 is 9.47 Å². The van der Waals surface area contributed by atoms with Crippen LogP contribution >= 0.6 is 0 Å². The Kier molecular flexibility index (Phi) is 3.60. The highest BCUT2D eigenvalue weighted by molar-refractivity contribution is 6.07. The van der Waals surface area contributed by atoms with Gasteiger partial charge in [0.05, 0.1) is 5.57 Å². The summed E-state index contributed by atoms with van der Waals surface area (Å²) in [7, 11) is 0. The maximum Gasteiger partial charge on any atom is 0.179 e. The predicted octanol–water partition coefficient (Wildman–Crippen LogP) is 4.15. The summed E-state index contributed by atoms with van der Waals surface area (Å²) in [6, 6.07) is 7.79. The molecule has 0 spiro atoms. The molecule has 4 bridgehead atoms. The minimum absolute atomic E-state index is 0.0778. The van der Waals surface area contributed by atoms with Crippen molar-refractivity contribution in [2.45, 2.75) is 38.5 Å². The molecule has 1 heterocycles. The highest BCUT2D eigenvalue weighted by atomic mass is 16.6. The smallest absolute Gasteiger partial charge is 0.179 e. The molecule has 0 aromatic heterocycles. The van der Waals surface area contributed by atoms with Crippen LogP contribution in [0.5, 0.6) is 11.5 Å². The topological polar surface area (TPSA) is 59.3 Å². The lowest BCUT2D eigenvalue weighted by molar-refractivity contribution is -0.139. The third-order valence-electron chi connectivity index (χ3n) is 6.76. The summed E-state index contributed by atoms with van der Waals surface area (Å²) in [5.74, 6) is 3.57. The van der Waals surface area contributed by atoms with Crippen molar-refractivity contribution in [3.8, 4) is 17.6 Å². The quantitative estimate of drug-likeness (QED) is 0.607. The van der Waals surface area contributed by atoms with E-state index in [0.29, 0.717) is 42.3 Å². The van der Waals surface area contributed by atoms with E-state index in [4.69, 9.17) is 9.47 Å². The first-order valence-electron chi connectivity index (χ1n) is 9.71. The zero-order valence-corrected chi connectivity index (χ0v) is 14.9. The molecule has 26 heavy (non-hydrogen) atoms. The van der Waals surface area contributed by atoms with Crippen molar-refractivity contribution in [3.63, 3.8) is 0 Å². The number of nitrogens with zero attached hydrogens (tertiary/aromatic N) is 1. The van der Waals surface area contributed by atoms with E-state index >= 15 is 0 Å². The summed E-state index contributed by atoms with van der Waals surface area (Å²) in [4.78, 5) is 13.4. The summed E-state index contributed by atoms with van der Waals surface area (Å²) < 4.78 is 11.2. The van der Waals surface area contributed by atoms with Gasteiger partial charge in [-0.25, -0.2) is 0 Å². The highest BCUT2D eigenvalue weighted by Crippen LogP contribution is 2.60. The molecule has 0 amide bonds. The van der Waals surface area contributed by atoms with E-state index in [1.165, 1.54) is 19.3 Å². The van der Waals surface area contributed by atoms with Gasteiger partial charge in [-0.05, 0) is 80.1 Å². The molecule has 1 aromatic carbocycles. The van der Waals surface area contributed by atoms with Gasteiger partial charge in [-0.15, -0.1) is 0 Å². The molecule has 1 aliphatic heterocycles. The average molecular weight is 349 g/mol. The zero-order chi connectivity index (χ0) is 17.7. The van der Waals surface area contributed by atoms with Gasteiger partial charge in [-0.2, -0.15) is 5.26 Å². The monoisotopic (exact) mass is 349 g/mol. The van der Waals surface area contributed by atoms with E-state index in [-0.39, 0.29) is 11.2 Å². The van der Waals surface area contributed by atoms with Gasteiger partial charge in [0, 0.05) is 5.41 Å². The standard InChI is InChI=1S/C22H23NO3/c23-13-18(8-14-1-2-19-20(9-14)26-4-3-25-19)21(24)22-10-15-5-16(11-22)7-17(6-15)12-22/h1-2,8-9,15-17H,3-7,10-12H2.